The largest absolute Gasteiger partial charge is 0.480 e. The Hall–Kier alpha value is -1.46. The summed E-state index contributed by atoms with van der Waals surface area (Å²) in [6.45, 7) is 1.30. The Morgan fingerprint density at radius 3 is 2.30 bits per heavy atom. The van der Waals surface area contributed by atoms with Crippen LogP contribution >= 0.6 is 24.6 Å². The lowest BCUT2D eigenvalue weighted by Crippen LogP contribution is -2.49. The first-order valence-electron chi connectivity index (χ1n) is 6.81. The van der Waals surface area contributed by atoms with Gasteiger partial charge in [0.15, 0.2) is 0 Å². The van der Waals surface area contributed by atoms with Crippen LogP contribution < -0.4 is 15.4 Å². The topological polar surface area (TPSA) is 145 Å². The zero-order valence-electron chi connectivity index (χ0n) is 12.6. The van der Waals surface area contributed by atoms with Crippen LogP contribution in [0.15, 0.2) is 0 Å². The van der Waals surface area contributed by atoms with Gasteiger partial charge in [0.25, 0.3) is 0 Å². The third-order valence-electron chi connectivity index (χ3n) is 2.58. The van der Waals surface area contributed by atoms with Crippen molar-refractivity contribution in [1.29, 1.82) is 0 Å². The van der Waals surface area contributed by atoms with Crippen LogP contribution in [-0.2, 0) is 19.2 Å². The van der Waals surface area contributed by atoms with Gasteiger partial charge in [0, 0.05) is 17.9 Å². The summed E-state index contributed by atoms with van der Waals surface area (Å²) in [5.41, 5.74) is 0. The zero-order chi connectivity index (χ0) is 17.8. The number of carboxylic acid groups (broad SMARTS) is 2. The summed E-state index contributed by atoms with van der Waals surface area (Å²) in [7, 11) is 0. The van der Waals surface area contributed by atoms with Crippen LogP contribution in [0.2, 0.25) is 0 Å². The van der Waals surface area contributed by atoms with Gasteiger partial charge in [0.2, 0.25) is 11.8 Å². The van der Waals surface area contributed by atoms with Gasteiger partial charge in [0.1, 0.15) is 18.6 Å². The fourth-order valence-corrected chi connectivity index (χ4v) is 2.28. The van der Waals surface area contributed by atoms with Gasteiger partial charge in [-0.3, -0.25) is 23.9 Å². The van der Waals surface area contributed by atoms with Gasteiger partial charge in [-0.25, -0.2) is 0 Å². The molecule has 0 aliphatic carbocycles. The molecule has 0 saturated carbocycles. The average molecular weight is 367 g/mol. The van der Waals surface area contributed by atoms with Gasteiger partial charge in [-0.1, -0.05) is 18.9 Å². The summed E-state index contributed by atoms with van der Waals surface area (Å²) in [5.74, 6) is -2.77. The molecule has 0 radical (unpaired) electrons. The van der Waals surface area contributed by atoms with Gasteiger partial charge in [0.05, 0.1) is 0 Å². The molecule has 23 heavy (non-hydrogen) atoms. The molecule has 0 bridgehead atoms. The molecule has 2 atom stereocenters. The number of carboxylic acids is 2. The van der Waals surface area contributed by atoms with Crippen molar-refractivity contribution in [3.05, 3.63) is 0 Å². The van der Waals surface area contributed by atoms with Crippen molar-refractivity contribution in [1.82, 2.24) is 15.4 Å². The number of rotatable bonds is 12. The van der Waals surface area contributed by atoms with Crippen molar-refractivity contribution in [3.63, 3.8) is 0 Å². The van der Waals surface area contributed by atoms with Gasteiger partial charge >= 0.3 is 11.9 Å². The summed E-state index contributed by atoms with van der Waals surface area (Å²) in [6.07, 6.45) is -0.0328. The summed E-state index contributed by atoms with van der Waals surface area (Å²) >= 11 is 5.16. The van der Waals surface area contributed by atoms with Crippen LogP contribution in [-0.4, -0.2) is 64.1 Å². The molecule has 2 amide bonds. The SMILES string of the molecule is CCSN[C@@H](CCC(=O)N[C@@H](CS)C(=O)NCC(=O)O)C(=O)O. The first-order chi connectivity index (χ1) is 10.8. The number of amides is 2. The Morgan fingerprint density at radius 2 is 1.83 bits per heavy atom. The fraction of sp³-hybridized carbons (Fsp3) is 0.667. The maximum atomic E-state index is 11.8. The smallest absolute Gasteiger partial charge is 0.322 e. The third-order valence-corrected chi connectivity index (χ3v) is 3.68. The molecule has 11 heteroatoms. The normalized spacial score (nSPS) is 13.0. The van der Waals surface area contributed by atoms with E-state index in [1.54, 1.807) is 0 Å². The number of carbonyl (C=O) groups is 4. The molecule has 0 heterocycles. The molecule has 0 aliphatic rings. The minimum absolute atomic E-state index is 0.0104. The minimum Gasteiger partial charge on any atom is -0.480 e. The second-order valence-corrected chi connectivity index (χ2v) is 5.86. The van der Waals surface area contributed by atoms with E-state index in [0.717, 1.165) is 0 Å². The molecule has 0 unspecified atom stereocenters. The Bertz CT molecular complexity index is 435. The van der Waals surface area contributed by atoms with Crippen LogP contribution in [0.25, 0.3) is 0 Å². The monoisotopic (exact) mass is 367 g/mol. The maximum Gasteiger partial charge on any atom is 0.322 e. The lowest BCUT2D eigenvalue weighted by Gasteiger charge is -2.17. The van der Waals surface area contributed by atoms with Gasteiger partial charge in [-0.2, -0.15) is 12.6 Å². The Labute approximate surface area is 143 Å². The van der Waals surface area contributed by atoms with Crippen molar-refractivity contribution < 1.29 is 29.4 Å². The van der Waals surface area contributed by atoms with Crippen LogP contribution in [0.3, 0.4) is 0 Å². The highest BCUT2D eigenvalue weighted by molar-refractivity contribution is 7.97. The fourth-order valence-electron chi connectivity index (χ4n) is 1.44. The van der Waals surface area contributed by atoms with Crippen LogP contribution in [0.1, 0.15) is 19.8 Å². The van der Waals surface area contributed by atoms with E-state index >= 15 is 0 Å². The number of hydrogen-bond donors (Lipinski definition) is 6. The molecule has 132 valence electrons. The number of hydrogen-bond acceptors (Lipinski definition) is 7. The Morgan fingerprint density at radius 1 is 1.17 bits per heavy atom. The molecule has 0 aromatic carbocycles. The van der Waals surface area contributed by atoms with Gasteiger partial charge in [-0.05, 0) is 6.42 Å². The van der Waals surface area contributed by atoms with Crippen molar-refractivity contribution in [2.75, 3.05) is 18.1 Å². The summed E-state index contributed by atoms with van der Waals surface area (Å²) < 4.78 is 2.72. The highest BCUT2D eigenvalue weighted by Crippen LogP contribution is 2.04. The van der Waals surface area contributed by atoms with E-state index in [1.165, 1.54) is 11.9 Å². The minimum atomic E-state index is -1.20. The third kappa shape index (κ3) is 10.0. The number of carbonyl (C=O) groups excluding carboxylic acids is 2. The van der Waals surface area contributed by atoms with E-state index in [9.17, 15) is 19.2 Å². The molecule has 0 rings (SSSR count). The predicted octanol–water partition coefficient (Wildman–Crippen LogP) is -0.907. The molecular weight excluding hydrogens is 346 g/mol. The van der Waals surface area contributed by atoms with Crippen molar-refractivity contribution in [2.45, 2.75) is 31.8 Å². The first kappa shape index (κ1) is 21.5. The highest BCUT2D eigenvalue weighted by atomic mass is 32.2. The molecule has 0 aliphatic heterocycles. The average Bonchev–Trinajstić information content (AvgIpc) is 2.49. The standard InChI is InChI=1S/C12H21N3O6S2/c1-2-23-15-7(12(20)21)3-4-9(16)14-8(6-22)11(19)13-5-10(17)18/h7-8,15,22H,2-6H2,1H3,(H,13,19)(H,14,16)(H,17,18)(H,20,21)/t7-,8-/m0/s1. The predicted molar refractivity (Wildman–Crippen MR) is 88.4 cm³/mol. The second kappa shape index (κ2) is 12.0. The molecule has 0 fully saturated rings. The van der Waals surface area contributed by atoms with Crippen LogP contribution in [0.4, 0.5) is 0 Å². The molecular formula is C12H21N3O6S2. The van der Waals surface area contributed by atoms with Crippen LogP contribution in [0.5, 0.6) is 0 Å². The maximum absolute atomic E-state index is 11.8. The van der Waals surface area contributed by atoms with Crippen molar-refractivity contribution in [2.24, 2.45) is 0 Å². The van der Waals surface area contributed by atoms with Crippen molar-refractivity contribution >= 4 is 48.3 Å². The van der Waals surface area contributed by atoms with E-state index < -0.39 is 42.4 Å². The molecule has 0 aromatic heterocycles. The number of thiol groups is 1. The molecule has 0 aromatic rings. The first-order valence-corrected chi connectivity index (χ1v) is 8.43. The van der Waals surface area contributed by atoms with E-state index in [0.29, 0.717) is 5.75 Å². The van der Waals surface area contributed by atoms with E-state index in [1.807, 2.05) is 6.92 Å². The highest BCUT2D eigenvalue weighted by Gasteiger charge is 2.22. The van der Waals surface area contributed by atoms with E-state index in [4.69, 9.17) is 10.2 Å². The second-order valence-electron chi connectivity index (χ2n) is 4.39. The zero-order valence-corrected chi connectivity index (χ0v) is 14.3. The summed E-state index contributed by atoms with van der Waals surface area (Å²) in [4.78, 5) is 44.8. The number of aliphatic carboxylic acids is 2. The molecule has 0 saturated heterocycles. The number of nitrogens with one attached hydrogen (secondary N) is 3. The molecule has 9 nitrogen and oxygen atoms in total. The summed E-state index contributed by atoms with van der Waals surface area (Å²) in [5, 5.41) is 22.0. The molecule has 5 N–H and O–H groups in total. The Balaban J connectivity index is 4.34. The van der Waals surface area contributed by atoms with Crippen molar-refractivity contribution in [3.8, 4) is 0 Å². The Kier molecular flexibility index (Phi) is 11.3. The quantitative estimate of drug-likeness (QED) is 0.192. The van der Waals surface area contributed by atoms with Gasteiger partial charge < -0.3 is 20.8 Å². The lowest BCUT2D eigenvalue weighted by atomic mass is 10.1. The summed E-state index contributed by atoms with van der Waals surface area (Å²) in [6, 6.07) is -1.85. The van der Waals surface area contributed by atoms with E-state index in [-0.39, 0.29) is 18.6 Å². The van der Waals surface area contributed by atoms with E-state index in [2.05, 4.69) is 28.0 Å². The van der Waals surface area contributed by atoms with Crippen LogP contribution in [0, 0.1) is 0 Å². The molecule has 0 spiro atoms. The van der Waals surface area contributed by atoms with Gasteiger partial charge in [-0.15, -0.1) is 0 Å². The lowest BCUT2D eigenvalue weighted by molar-refractivity contribution is -0.139.